The topological polar surface area (TPSA) is 49.8 Å². The van der Waals surface area contributed by atoms with Crippen molar-refractivity contribution in [3.05, 3.63) is 0 Å². The molecule has 1 amide bonds. The van der Waals surface area contributed by atoms with E-state index in [1.165, 1.54) is 12.8 Å². The lowest BCUT2D eigenvalue weighted by atomic mass is 10.1. The summed E-state index contributed by atoms with van der Waals surface area (Å²) in [5, 5.41) is 8.98. The lowest BCUT2D eigenvalue weighted by Gasteiger charge is -2.16. The fraction of sp³-hybridized carbons (Fsp3) is 0.917. The van der Waals surface area contributed by atoms with Crippen LogP contribution in [0, 0.1) is 11.8 Å². The maximum atomic E-state index is 11.5. The zero-order chi connectivity index (χ0) is 11.4. The van der Waals surface area contributed by atoms with Gasteiger partial charge < -0.3 is 14.7 Å². The average Bonchev–Trinajstić information content (AvgIpc) is 3.03. The van der Waals surface area contributed by atoms with Crippen molar-refractivity contribution in [2.75, 3.05) is 32.9 Å². The van der Waals surface area contributed by atoms with Crippen LogP contribution in [0.15, 0.2) is 0 Å². The Hall–Kier alpha value is -0.610. The van der Waals surface area contributed by atoms with Crippen LogP contribution in [-0.4, -0.2) is 48.8 Å². The van der Waals surface area contributed by atoms with Gasteiger partial charge in [-0.25, -0.2) is 0 Å². The summed E-state index contributed by atoms with van der Waals surface area (Å²) in [5.74, 6) is 1.15. The van der Waals surface area contributed by atoms with Crippen LogP contribution in [0.3, 0.4) is 0 Å². The van der Waals surface area contributed by atoms with Gasteiger partial charge in [-0.15, -0.1) is 0 Å². The molecule has 2 aliphatic rings. The molecule has 2 fully saturated rings. The molecule has 2 rings (SSSR count). The van der Waals surface area contributed by atoms with Crippen molar-refractivity contribution < 1.29 is 14.6 Å². The van der Waals surface area contributed by atoms with Crippen LogP contribution in [0.4, 0.5) is 0 Å². The number of likely N-dealkylation sites (tertiary alicyclic amines) is 1. The number of ether oxygens (including phenoxy) is 1. The number of aliphatic hydroxyl groups is 1. The number of amides is 1. The SMILES string of the molecule is O=C1CC(CO)CN1CCCOCC1CC1. The molecule has 92 valence electrons. The van der Waals surface area contributed by atoms with E-state index in [4.69, 9.17) is 9.84 Å². The minimum atomic E-state index is 0.125. The first-order valence-electron chi connectivity index (χ1n) is 6.26. The van der Waals surface area contributed by atoms with Gasteiger partial charge in [-0.05, 0) is 25.2 Å². The summed E-state index contributed by atoms with van der Waals surface area (Å²) < 4.78 is 5.52. The molecule has 4 nitrogen and oxygen atoms in total. The van der Waals surface area contributed by atoms with E-state index in [9.17, 15) is 4.79 Å². The van der Waals surface area contributed by atoms with Crippen molar-refractivity contribution in [1.29, 1.82) is 0 Å². The van der Waals surface area contributed by atoms with Gasteiger partial charge in [-0.2, -0.15) is 0 Å². The first-order valence-corrected chi connectivity index (χ1v) is 6.26. The largest absolute Gasteiger partial charge is 0.396 e. The summed E-state index contributed by atoms with van der Waals surface area (Å²) in [6.45, 7) is 3.27. The second-order valence-corrected chi connectivity index (χ2v) is 4.96. The van der Waals surface area contributed by atoms with Gasteiger partial charge in [-0.3, -0.25) is 4.79 Å². The molecule has 1 N–H and O–H groups in total. The Kier molecular flexibility index (Phi) is 4.18. The molecule has 0 radical (unpaired) electrons. The Balaban J connectivity index is 1.53. The van der Waals surface area contributed by atoms with Crippen molar-refractivity contribution >= 4 is 5.91 Å². The highest BCUT2D eigenvalue weighted by Crippen LogP contribution is 2.28. The zero-order valence-electron chi connectivity index (χ0n) is 9.73. The molecule has 0 bridgehead atoms. The Morgan fingerprint density at radius 1 is 1.38 bits per heavy atom. The summed E-state index contributed by atoms with van der Waals surface area (Å²) >= 11 is 0. The molecule has 1 aliphatic carbocycles. The van der Waals surface area contributed by atoms with Gasteiger partial charge in [0.2, 0.25) is 5.91 Å². The fourth-order valence-electron chi connectivity index (χ4n) is 2.08. The first-order chi connectivity index (χ1) is 7.79. The van der Waals surface area contributed by atoms with Gasteiger partial charge in [0.25, 0.3) is 0 Å². The molecule has 0 aromatic carbocycles. The molecular formula is C12H21NO3. The molecule has 1 aliphatic heterocycles. The van der Waals surface area contributed by atoms with Gasteiger partial charge in [-0.1, -0.05) is 0 Å². The van der Waals surface area contributed by atoms with Gasteiger partial charge in [0.15, 0.2) is 0 Å². The summed E-state index contributed by atoms with van der Waals surface area (Å²) in [7, 11) is 0. The van der Waals surface area contributed by atoms with Crippen LogP contribution in [0.25, 0.3) is 0 Å². The van der Waals surface area contributed by atoms with Gasteiger partial charge >= 0.3 is 0 Å². The third-order valence-electron chi connectivity index (χ3n) is 3.32. The van der Waals surface area contributed by atoms with Gasteiger partial charge in [0, 0.05) is 45.2 Å². The molecule has 0 spiro atoms. The number of aliphatic hydroxyl groups excluding tert-OH is 1. The summed E-state index contributed by atoms with van der Waals surface area (Å²) in [6.07, 6.45) is 4.07. The monoisotopic (exact) mass is 227 g/mol. The molecule has 1 saturated carbocycles. The number of nitrogens with zero attached hydrogens (tertiary/aromatic N) is 1. The zero-order valence-corrected chi connectivity index (χ0v) is 9.73. The number of carbonyl (C=O) groups excluding carboxylic acids is 1. The molecule has 16 heavy (non-hydrogen) atoms. The minimum Gasteiger partial charge on any atom is -0.396 e. The van der Waals surface area contributed by atoms with E-state index in [-0.39, 0.29) is 18.4 Å². The van der Waals surface area contributed by atoms with E-state index >= 15 is 0 Å². The van der Waals surface area contributed by atoms with Gasteiger partial charge in [0.05, 0.1) is 0 Å². The van der Waals surface area contributed by atoms with E-state index in [0.717, 1.165) is 38.6 Å². The Morgan fingerprint density at radius 2 is 2.19 bits per heavy atom. The second-order valence-electron chi connectivity index (χ2n) is 4.96. The van der Waals surface area contributed by atoms with Crippen molar-refractivity contribution in [1.82, 2.24) is 4.90 Å². The number of rotatable bonds is 7. The highest BCUT2D eigenvalue weighted by atomic mass is 16.5. The second kappa shape index (κ2) is 5.64. The maximum absolute atomic E-state index is 11.5. The predicted octanol–water partition coefficient (Wildman–Crippen LogP) is 0.644. The third kappa shape index (κ3) is 3.46. The van der Waals surface area contributed by atoms with E-state index < -0.39 is 0 Å². The fourth-order valence-corrected chi connectivity index (χ4v) is 2.08. The van der Waals surface area contributed by atoms with E-state index in [1.54, 1.807) is 0 Å². The van der Waals surface area contributed by atoms with Crippen LogP contribution in [-0.2, 0) is 9.53 Å². The predicted molar refractivity (Wildman–Crippen MR) is 59.9 cm³/mol. The molecular weight excluding hydrogens is 206 g/mol. The quantitative estimate of drug-likeness (QED) is 0.649. The normalized spacial score (nSPS) is 25.4. The summed E-state index contributed by atoms with van der Waals surface area (Å²) in [4.78, 5) is 13.3. The molecule has 1 unspecified atom stereocenters. The summed E-state index contributed by atoms with van der Waals surface area (Å²) in [5.41, 5.74) is 0. The van der Waals surface area contributed by atoms with E-state index in [2.05, 4.69) is 0 Å². The Labute approximate surface area is 96.6 Å². The first kappa shape index (κ1) is 11.9. The summed E-state index contributed by atoms with van der Waals surface area (Å²) in [6, 6.07) is 0. The molecule has 4 heteroatoms. The Bertz CT molecular complexity index is 240. The van der Waals surface area contributed by atoms with Crippen LogP contribution >= 0.6 is 0 Å². The van der Waals surface area contributed by atoms with E-state index in [0.29, 0.717) is 6.42 Å². The van der Waals surface area contributed by atoms with Crippen LogP contribution in [0.5, 0.6) is 0 Å². The number of hydrogen-bond acceptors (Lipinski definition) is 3. The standard InChI is InChI=1S/C12H21NO3/c14-8-11-6-12(15)13(7-11)4-1-5-16-9-10-2-3-10/h10-11,14H,1-9H2. The lowest BCUT2D eigenvalue weighted by molar-refractivity contribution is -0.127. The molecule has 0 aromatic heterocycles. The number of hydrogen-bond donors (Lipinski definition) is 1. The average molecular weight is 227 g/mol. The molecule has 0 aromatic rings. The molecule has 1 saturated heterocycles. The third-order valence-corrected chi connectivity index (χ3v) is 3.32. The van der Waals surface area contributed by atoms with Crippen molar-refractivity contribution in [2.24, 2.45) is 11.8 Å². The lowest BCUT2D eigenvalue weighted by Crippen LogP contribution is -2.27. The smallest absolute Gasteiger partial charge is 0.223 e. The van der Waals surface area contributed by atoms with Crippen molar-refractivity contribution in [3.63, 3.8) is 0 Å². The maximum Gasteiger partial charge on any atom is 0.223 e. The molecule has 1 atom stereocenters. The minimum absolute atomic E-state index is 0.125. The van der Waals surface area contributed by atoms with Crippen LogP contribution in [0.2, 0.25) is 0 Å². The van der Waals surface area contributed by atoms with Gasteiger partial charge in [0.1, 0.15) is 0 Å². The van der Waals surface area contributed by atoms with Crippen molar-refractivity contribution in [2.45, 2.75) is 25.7 Å². The number of carbonyl (C=O) groups is 1. The van der Waals surface area contributed by atoms with E-state index in [1.807, 2.05) is 4.90 Å². The van der Waals surface area contributed by atoms with Crippen LogP contribution < -0.4 is 0 Å². The van der Waals surface area contributed by atoms with Crippen LogP contribution in [0.1, 0.15) is 25.7 Å². The highest BCUT2D eigenvalue weighted by Gasteiger charge is 2.28. The Morgan fingerprint density at radius 3 is 2.81 bits per heavy atom. The molecule has 1 heterocycles. The highest BCUT2D eigenvalue weighted by molar-refractivity contribution is 5.78. The van der Waals surface area contributed by atoms with Crippen molar-refractivity contribution in [3.8, 4) is 0 Å².